The van der Waals surface area contributed by atoms with Crippen LogP contribution in [0.5, 0.6) is 5.75 Å². The van der Waals surface area contributed by atoms with Crippen molar-refractivity contribution in [1.82, 2.24) is 15.2 Å². The minimum Gasteiger partial charge on any atom is -0.481 e. The minimum absolute atomic E-state index is 0.299. The standard InChI is InChI=1S/C17H15ClN4O2S/c1-10-9-13(18)3-4-14(10)24-11(2)15(23)20-17-22-21-16(25-17)12-5-7-19-8-6-12/h3-9,11H,1-2H3,(H,20,22,23). The Morgan fingerprint density at radius 2 is 2.00 bits per heavy atom. The molecule has 3 aromatic rings. The van der Waals surface area contributed by atoms with E-state index in [4.69, 9.17) is 16.3 Å². The van der Waals surface area contributed by atoms with Gasteiger partial charge in [0.05, 0.1) is 0 Å². The number of nitrogens with zero attached hydrogens (tertiary/aromatic N) is 3. The van der Waals surface area contributed by atoms with E-state index in [1.54, 1.807) is 37.5 Å². The average molecular weight is 375 g/mol. The van der Waals surface area contributed by atoms with E-state index in [0.29, 0.717) is 20.9 Å². The number of rotatable bonds is 5. The van der Waals surface area contributed by atoms with Gasteiger partial charge in [-0.15, -0.1) is 10.2 Å². The van der Waals surface area contributed by atoms with Gasteiger partial charge in [0.15, 0.2) is 6.10 Å². The first kappa shape index (κ1) is 17.3. The summed E-state index contributed by atoms with van der Waals surface area (Å²) >= 11 is 7.21. The van der Waals surface area contributed by atoms with Crippen LogP contribution in [0.3, 0.4) is 0 Å². The number of nitrogens with one attached hydrogen (secondary N) is 1. The second-order valence-corrected chi connectivity index (χ2v) is 6.72. The summed E-state index contributed by atoms with van der Waals surface area (Å²) in [5.41, 5.74) is 1.76. The van der Waals surface area contributed by atoms with Crippen molar-refractivity contribution in [3.8, 4) is 16.3 Å². The van der Waals surface area contributed by atoms with E-state index in [0.717, 1.165) is 11.1 Å². The number of hydrogen-bond donors (Lipinski definition) is 1. The number of carbonyl (C=O) groups excluding carboxylic acids is 1. The van der Waals surface area contributed by atoms with Crippen molar-refractivity contribution in [3.63, 3.8) is 0 Å². The zero-order valence-electron chi connectivity index (χ0n) is 13.6. The Bertz CT molecular complexity index is 885. The number of ether oxygens (including phenoxy) is 1. The van der Waals surface area contributed by atoms with Crippen LogP contribution in [0.25, 0.3) is 10.6 Å². The number of aryl methyl sites for hydroxylation is 1. The Kier molecular flexibility index (Phi) is 5.25. The lowest BCUT2D eigenvalue weighted by Gasteiger charge is -2.15. The van der Waals surface area contributed by atoms with Gasteiger partial charge in [0, 0.05) is 23.0 Å². The number of pyridine rings is 1. The lowest BCUT2D eigenvalue weighted by Crippen LogP contribution is -2.30. The van der Waals surface area contributed by atoms with Gasteiger partial charge in [-0.05, 0) is 49.7 Å². The molecule has 1 aromatic carbocycles. The van der Waals surface area contributed by atoms with Gasteiger partial charge in [0.1, 0.15) is 10.8 Å². The number of amides is 1. The summed E-state index contributed by atoms with van der Waals surface area (Å²) in [6.45, 7) is 3.55. The van der Waals surface area contributed by atoms with Crippen LogP contribution in [0.4, 0.5) is 5.13 Å². The summed E-state index contributed by atoms with van der Waals surface area (Å²) in [7, 11) is 0. The van der Waals surface area contributed by atoms with E-state index < -0.39 is 6.10 Å². The van der Waals surface area contributed by atoms with E-state index in [2.05, 4.69) is 20.5 Å². The molecule has 0 radical (unpaired) electrons. The molecular weight excluding hydrogens is 360 g/mol. The molecule has 0 aliphatic carbocycles. The zero-order valence-corrected chi connectivity index (χ0v) is 15.1. The quantitative estimate of drug-likeness (QED) is 0.731. The third kappa shape index (κ3) is 4.32. The molecule has 2 aromatic heterocycles. The number of hydrogen-bond acceptors (Lipinski definition) is 6. The summed E-state index contributed by atoms with van der Waals surface area (Å²) in [6.07, 6.45) is 2.67. The molecular formula is C17H15ClN4O2S. The van der Waals surface area contributed by atoms with Crippen LogP contribution in [0.15, 0.2) is 42.7 Å². The Balaban J connectivity index is 1.65. The van der Waals surface area contributed by atoms with Crippen LogP contribution < -0.4 is 10.1 Å². The molecule has 1 amide bonds. The number of aromatic nitrogens is 3. The fraction of sp³-hybridized carbons (Fsp3) is 0.176. The van der Waals surface area contributed by atoms with Crippen molar-refractivity contribution in [2.75, 3.05) is 5.32 Å². The predicted octanol–water partition coefficient (Wildman–Crippen LogP) is 3.97. The van der Waals surface area contributed by atoms with E-state index in [9.17, 15) is 4.79 Å². The summed E-state index contributed by atoms with van der Waals surface area (Å²) in [4.78, 5) is 16.3. The first-order chi connectivity index (χ1) is 12.0. The fourth-order valence-electron chi connectivity index (χ4n) is 2.08. The van der Waals surface area contributed by atoms with Gasteiger partial charge >= 0.3 is 0 Å². The molecule has 1 N–H and O–H groups in total. The number of benzene rings is 1. The minimum atomic E-state index is -0.687. The van der Waals surface area contributed by atoms with Crippen LogP contribution >= 0.6 is 22.9 Å². The molecule has 0 saturated heterocycles. The number of halogens is 1. The molecule has 0 saturated carbocycles. The third-order valence-corrected chi connectivity index (χ3v) is 4.52. The molecule has 2 heterocycles. The van der Waals surface area contributed by atoms with E-state index in [-0.39, 0.29) is 5.91 Å². The van der Waals surface area contributed by atoms with Crippen molar-refractivity contribution in [3.05, 3.63) is 53.3 Å². The molecule has 0 aliphatic rings. The average Bonchev–Trinajstić information content (AvgIpc) is 3.06. The Morgan fingerprint density at radius 3 is 2.72 bits per heavy atom. The predicted molar refractivity (Wildman–Crippen MR) is 98.0 cm³/mol. The molecule has 25 heavy (non-hydrogen) atoms. The molecule has 0 fully saturated rings. The van der Waals surface area contributed by atoms with Crippen molar-refractivity contribution in [2.24, 2.45) is 0 Å². The summed E-state index contributed by atoms with van der Waals surface area (Å²) in [6, 6.07) is 8.92. The highest BCUT2D eigenvalue weighted by molar-refractivity contribution is 7.18. The molecule has 128 valence electrons. The number of carbonyl (C=O) groups is 1. The van der Waals surface area contributed by atoms with Gasteiger partial charge in [0.25, 0.3) is 5.91 Å². The van der Waals surface area contributed by atoms with E-state index in [1.165, 1.54) is 11.3 Å². The highest BCUT2D eigenvalue weighted by Crippen LogP contribution is 2.26. The molecule has 1 atom stereocenters. The van der Waals surface area contributed by atoms with Crippen molar-refractivity contribution >= 4 is 34.0 Å². The van der Waals surface area contributed by atoms with Crippen molar-refractivity contribution < 1.29 is 9.53 Å². The van der Waals surface area contributed by atoms with E-state index >= 15 is 0 Å². The van der Waals surface area contributed by atoms with Crippen LogP contribution in [0.1, 0.15) is 12.5 Å². The smallest absolute Gasteiger partial charge is 0.266 e. The van der Waals surface area contributed by atoms with Crippen LogP contribution in [0.2, 0.25) is 5.02 Å². The monoisotopic (exact) mass is 374 g/mol. The van der Waals surface area contributed by atoms with Gasteiger partial charge < -0.3 is 4.74 Å². The molecule has 3 rings (SSSR count). The maximum Gasteiger partial charge on any atom is 0.266 e. The fourth-order valence-corrected chi connectivity index (χ4v) is 3.06. The van der Waals surface area contributed by atoms with Gasteiger partial charge in [-0.3, -0.25) is 15.1 Å². The van der Waals surface area contributed by atoms with Gasteiger partial charge in [0.2, 0.25) is 5.13 Å². The molecule has 8 heteroatoms. The summed E-state index contributed by atoms with van der Waals surface area (Å²) in [5, 5.41) is 12.5. The summed E-state index contributed by atoms with van der Waals surface area (Å²) in [5.74, 6) is 0.313. The molecule has 0 aliphatic heterocycles. The Morgan fingerprint density at radius 1 is 1.24 bits per heavy atom. The SMILES string of the molecule is Cc1cc(Cl)ccc1OC(C)C(=O)Nc1nnc(-c2ccncc2)s1. The van der Waals surface area contributed by atoms with Crippen molar-refractivity contribution in [1.29, 1.82) is 0 Å². The lowest BCUT2D eigenvalue weighted by atomic mass is 10.2. The Labute approximate surface area is 153 Å². The Hall–Kier alpha value is -2.51. The van der Waals surface area contributed by atoms with Crippen LogP contribution in [0, 0.1) is 6.92 Å². The maximum absolute atomic E-state index is 12.3. The van der Waals surface area contributed by atoms with E-state index in [1.807, 2.05) is 19.1 Å². The van der Waals surface area contributed by atoms with Crippen LogP contribution in [-0.4, -0.2) is 27.2 Å². The lowest BCUT2D eigenvalue weighted by molar-refractivity contribution is -0.122. The first-order valence-electron chi connectivity index (χ1n) is 7.50. The van der Waals surface area contributed by atoms with Gasteiger partial charge in [-0.25, -0.2) is 0 Å². The van der Waals surface area contributed by atoms with Gasteiger partial charge in [-0.1, -0.05) is 22.9 Å². The molecule has 6 nitrogen and oxygen atoms in total. The second-order valence-electron chi connectivity index (χ2n) is 5.31. The second kappa shape index (κ2) is 7.58. The molecule has 0 spiro atoms. The first-order valence-corrected chi connectivity index (χ1v) is 8.70. The zero-order chi connectivity index (χ0) is 17.8. The highest BCUT2D eigenvalue weighted by atomic mass is 35.5. The molecule has 1 unspecified atom stereocenters. The third-order valence-electron chi connectivity index (χ3n) is 3.39. The largest absolute Gasteiger partial charge is 0.481 e. The molecule has 0 bridgehead atoms. The highest BCUT2D eigenvalue weighted by Gasteiger charge is 2.18. The van der Waals surface area contributed by atoms with Crippen molar-refractivity contribution in [2.45, 2.75) is 20.0 Å². The summed E-state index contributed by atoms with van der Waals surface area (Å²) < 4.78 is 5.70. The normalized spacial score (nSPS) is 11.8. The number of anilines is 1. The van der Waals surface area contributed by atoms with Crippen LogP contribution in [-0.2, 0) is 4.79 Å². The maximum atomic E-state index is 12.3. The van der Waals surface area contributed by atoms with Gasteiger partial charge in [-0.2, -0.15) is 0 Å². The topological polar surface area (TPSA) is 77.0 Å².